The van der Waals surface area contributed by atoms with Crippen molar-refractivity contribution in [1.82, 2.24) is 9.80 Å². The fourth-order valence-corrected chi connectivity index (χ4v) is 2.17. The Hall–Kier alpha value is -0.570. The molecule has 1 atom stereocenters. The van der Waals surface area contributed by atoms with Gasteiger partial charge in [0.1, 0.15) is 0 Å². The molecule has 0 N–H and O–H groups in total. The molecule has 1 aliphatic heterocycles. The molecule has 3 nitrogen and oxygen atoms in total. The second-order valence-corrected chi connectivity index (χ2v) is 4.32. The molecule has 82 valence electrons. The largest absolute Gasteiger partial charge is 0.341 e. The summed E-state index contributed by atoms with van der Waals surface area (Å²) in [7, 11) is 0. The molecule has 0 aromatic rings. The number of rotatable bonds is 5. The van der Waals surface area contributed by atoms with Crippen LogP contribution in [0.4, 0.5) is 0 Å². The van der Waals surface area contributed by atoms with Crippen molar-refractivity contribution in [2.45, 2.75) is 45.7 Å². The lowest BCUT2D eigenvalue weighted by Crippen LogP contribution is -2.42. The summed E-state index contributed by atoms with van der Waals surface area (Å²) < 4.78 is 0. The molecule has 0 saturated carbocycles. The number of carbonyl (C=O) groups excluding carboxylic acids is 1. The van der Waals surface area contributed by atoms with Crippen LogP contribution in [0.1, 0.15) is 33.6 Å². The van der Waals surface area contributed by atoms with Gasteiger partial charge in [0, 0.05) is 25.2 Å². The molecule has 0 bridgehead atoms. The highest BCUT2D eigenvalue weighted by Crippen LogP contribution is 2.16. The number of nitrogens with zero attached hydrogens (tertiary/aromatic N) is 2. The van der Waals surface area contributed by atoms with Crippen molar-refractivity contribution in [3.63, 3.8) is 0 Å². The lowest BCUT2D eigenvalue weighted by Gasteiger charge is -2.30. The quantitative estimate of drug-likeness (QED) is 0.622. The average Bonchev–Trinajstić information content (AvgIpc) is 2.60. The summed E-state index contributed by atoms with van der Waals surface area (Å²) in [5.41, 5.74) is 0. The van der Waals surface area contributed by atoms with E-state index in [2.05, 4.69) is 25.7 Å². The van der Waals surface area contributed by atoms with E-state index in [0.717, 1.165) is 26.0 Å². The van der Waals surface area contributed by atoms with Crippen LogP contribution < -0.4 is 0 Å². The first-order chi connectivity index (χ1) is 6.69. The third kappa shape index (κ3) is 2.71. The van der Waals surface area contributed by atoms with Crippen molar-refractivity contribution in [2.24, 2.45) is 0 Å². The van der Waals surface area contributed by atoms with Crippen molar-refractivity contribution in [3.05, 3.63) is 0 Å². The molecule has 1 saturated heterocycles. The molecule has 0 radical (unpaired) electrons. The van der Waals surface area contributed by atoms with Crippen LogP contribution in [0.25, 0.3) is 0 Å². The van der Waals surface area contributed by atoms with E-state index < -0.39 is 0 Å². The van der Waals surface area contributed by atoms with Crippen LogP contribution in [0.3, 0.4) is 0 Å². The Bertz CT molecular complexity index is 182. The maximum absolute atomic E-state index is 10.8. The summed E-state index contributed by atoms with van der Waals surface area (Å²) in [6.45, 7) is 9.66. The molecule has 1 amide bonds. The molecule has 1 rings (SSSR count). The molecule has 14 heavy (non-hydrogen) atoms. The van der Waals surface area contributed by atoms with Crippen LogP contribution in [0, 0.1) is 0 Å². The Balaban J connectivity index is 2.44. The highest BCUT2D eigenvalue weighted by Gasteiger charge is 2.25. The van der Waals surface area contributed by atoms with E-state index in [1.807, 2.05) is 4.90 Å². The number of likely N-dealkylation sites (N-methyl/N-ethyl adjacent to an activating group) is 1. The Kier molecular flexibility index (Phi) is 4.39. The molecule has 0 aromatic heterocycles. The fraction of sp³-hybridized carbons (Fsp3) is 0.909. The van der Waals surface area contributed by atoms with Crippen LogP contribution in [-0.2, 0) is 4.79 Å². The Morgan fingerprint density at radius 1 is 1.57 bits per heavy atom. The van der Waals surface area contributed by atoms with Gasteiger partial charge >= 0.3 is 0 Å². The highest BCUT2D eigenvalue weighted by atomic mass is 16.1. The van der Waals surface area contributed by atoms with E-state index in [9.17, 15) is 4.79 Å². The van der Waals surface area contributed by atoms with Gasteiger partial charge in [0.2, 0.25) is 6.41 Å². The first kappa shape index (κ1) is 11.5. The minimum absolute atomic E-state index is 0.454. The van der Waals surface area contributed by atoms with Crippen molar-refractivity contribution < 1.29 is 4.79 Å². The molecule has 3 heteroatoms. The van der Waals surface area contributed by atoms with Gasteiger partial charge in [0.25, 0.3) is 0 Å². The summed E-state index contributed by atoms with van der Waals surface area (Å²) in [4.78, 5) is 15.1. The average molecular weight is 198 g/mol. The van der Waals surface area contributed by atoms with E-state index in [1.54, 1.807) is 0 Å². The lowest BCUT2D eigenvalue weighted by molar-refractivity contribution is -0.119. The number of amides is 1. The van der Waals surface area contributed by atoms with Gasteiger partial charge in [-0.25, -0.2) is 0 Å². The van der Waals surface area contributed by atoms with Crippen molar-refractivity contribution in [2.75, 3.05) is 19.6 Å². The van der Waals surface area contributed by atoms with Crippen LogP contribution >= 0.6 is 0 Å². The molecule has 1 unspecified atom stereocenters. The number of hydrogen-bond donors (Lipinski definition) is 0. The Morgan fingerprint density at radius 3 is 2.79 bits per heavy atom. The normalized spacial score (nSPS) is 22.4. The summed E-state index contributed by atoms with van der Waals surface area (Å²) in [5, 5.41) is 0. The second kappa shape index (κ2) is 5.35. The third-order valence-corrected chi connectivity index (χ3v) is 3.14. The predicted molar refractivity (Wildman–Crippen MR) is 58.2 cm³/mol. The summed E-state index contributed by atoms with van der Waals surface area (Å²) >= 11 is 0. The number of likely N-dealkylation sites (tertiary alicyclic amines) is 1. The minimum Gasteiger partial charge on any atom is -0.341 e. The maximum atomic E-state index is 10.8. The van der Waals surface area contributed by atoms with E-state index in [4.69, 9.17) is 0 Å². The SMILES string of the molecule is CCN(CC1CCCN1C=O)C(C)C. The smallest absolute Gasteiger partial charge is 0.209 e. The zero-order valence-electron chi connectivity index (χ0n) is 9.57. The molecular formula is C11H22N2O. The molecule has 0 aliphatic carbocycles. The number of carbonyl (C=O) groups is 1. The van der Waals surface area contributed by atoms with Crippen LogP contribution in [0.5, 0.6) is 0 Å². The predicted octanol–water partition coefficient (Wildman–Crippen LogP) is 1.34. The summed E-state index contributed by atoms with van der Waals surface area (Å²) in [6, 6.07) is 1.03. The zero-order valence-corrected chi connectivity index (χ0v) is 9.57. The highest BCUT2D eigenvalue weighted by molar-refractivity contribution is 5.48. The molecule has 1 fully saturated rings. The van der Waals surface area contributed by atoms with Crippen LogP contribution in [0.2, 0.25) is 0 Å². The maximum Gasteiger partial charge on any atom is 0.209 e. The topological polar surface area (TPSA) is 23.6 Å². The summed E-state index contributed by atoms with van der Waals surface area (Å²) in [5.74, 6) is 0. The monoisotopic (exact) mass is 198 g/mol. The fourth-order valence-electron chi connectivity index (χ4n) is 2.17. The van der Waals surface area contributed by atoms with Gasteiger partial charge in [-0.1, -0.05) is 6.92 Å². The summed E-state index contributed by atoms with van der Waals surface area (Å²) in [6.07, 6.45) is 3.34. The lowest BCUT2D eigenvalue weighted by atomic mass is 10.2. The molecule has 1 aliphatic rings. The van der Waals surface area contributed by atoms with Crippen molar-refractivity contribution in [1.29, 1.82) is 0 Å². The Morgan fingerprint density at radius 2 is 2.29 bits per heavy atom. The van der Waals surface area contributed by atoms with Gasteiger partial charge in [0.15, 0.2) is 0 Å². The van der Waals surface area contributed by atoms with E-state index >= 15 is 0 Å². The van der Waals surface area contributed by atoms with Gasteiger partial charge in [0.05, 0.1) is 0 Å². The molecule has 0 aromatic carbocycles. The first-order valence-electron chi connectivity index (χ1n) is 5.64. The van der Waals surface area contributed by atoms with Gasteiger partial charge in [-0.3, -0.25) is 9.69 Å². The van der Waals surface area contributed by atoms with Gasteiger partial charge in [-0.15, -0.1) is 0 Å². The molecule has 1 heterocycles. The third-order valence-electron chi connectivity index (χ3n) is 3.14. The molecule has 0 spiro atoms. The van der Waals surface area contributed by atoms with Gasteiger partial charge in [-0.2, -0.15) is 0 Å². The standard InChI is InChI=1S/C11H22N2O/c1-4-12(10(2)3)8-11-6-5-7-13(11)9-14/h9-11H,4-8H2,1-3H3. The second-order valence-electron chi connectivity index (χ2n) is 4.32. The van der Waals surface area contributed by atoms with E-state index in [-0.39, 0.29) is 0 Å². The van der Waals surface area contributed by atoms with E-state index in [1.165, 1.54) is 12.8 Å². The first-order valence-corrected chi connectivity index (χ1v) is 5.64. The number of hydrogen-bond acceptors (Lipinski definition) is 2. The van der Waals surface area contributed by atoms with Crippen molar-refractivity contribution >= 4 is 6.41 Å². The van der Waals surface area contributed by atoms with Crippen molar-refractivity contribution in [3.8, 4) is 0 Å². The molecular weight excluding hydrogens is 176 g/mol. The van der Waals surface area contributed by atoms with E-state index in [0.29, 0.717) is 12.1 Å². The van der Waals surface area contributed by atoms with Gasteiger partial charge in [-0.05, 0) is 33.2 Å². The van der Waals surface area contributed by atoms with Gasteiger partial charge < -0.3 is 4.90 Å². The Labute approximate surface area is 87.1 Å². The van der Waals surface area contributed by atoms with Crippen LogP contribution in [-0.4, -0.2) is 47.9 Å². The minimum atomic E-state index is 0.454. The van der Waals surface area contributed by atoms with Crippen LogP contribution in [0.15, 0.2) is 0 Å². The zero-order chi connectivity index (χ0) is 10.6.